The molecule has 96 valence electrons. The standard InChI is InChI=1S/C13H16.2C2H6/c1-3-5-9-13-11-8-6-7-10-12(13)4-2;2*1-2/h3-5,7-11H,6H2,1-2H3;2*1-2H3/b5-3-,12-4-,13-9-;;. The minimum atomic E-state index is 1.03. The Kier molecular flexibility index (Phi) is 15.6. The van der Waals surface area contributed by atoms with Crippen molar-refractivity contribution in [1.82, 2.24) is 0 Å². The van der Waals surface area contributed by atoms with Crippen LogP contribution < -0.4 is 0 Å². The summed E-state index contributed by atoms with van der Waals surface area (Å²) < 4.78 is 0. The third-order valence-corrected chi connectivity index (χ3v) is 1.98. The van der Waals surface area contributed by atoms with Crippen LogP contribution in [0.15, 0.2) is 59.8 Å². The monoisotopic (exact) mass is 232 g/mol. The minimum Gasteiger partial charge on any atom is -0.0876 e. The molecule has 0 unspecified atom stereocenters. The molecule has 0 amide bonds. The van der Waals surface area contributed by atoms with E-state index < -0.39 is 0 Å². The highest BCUT2D eigenvalue weighted by Gasteiger charge is 1.97. The van der Waals surface area contributed by atoms with Crippen LogP contribution in [-0.4, -0.2) is 0 Å². The Bertz CT molecular complexity index is 296. The molecule has 0 spiro atoms. The van der Waals surface area contributed by atoms with Crippen LogP contribution in [0.2, 0.25) is 0 Å². The number of allylic oxidation sites excluding steroid dienone is 10. The summed E-state index contributed by atoms with van der Waals surface area (Å²) in [6.07, 6.45) is 18.1. The lowest BCUT2D eigenvalue weighted by Gasteiger charge is -1.99. The van der Waals surface area contributed by atoms with E-state index in [1.165, 1.54) is 11.1 Å². The normalized spacial score (nSPS) is 18.5. The second-order valence-corrected chi connectivity index (χ2v) is 2.93. The fourth-order valence-corrected chi connectivity index (χ4v) is 1.28. The van der Waals surface area contributed by atoms with E-state index in [0.29, 0.717) is 0 Å². The lowest BCUT2D eigenvalue weighted by Crippen LogP contribution is -1.80. The predicted octanol–water partition coefficient (Wildman–Crippen LogP) is 6.00. The van der Waals surface area contributed by atoms with Gasteiger partial charge in [-0.1, -0.05) is 76.3 Å². The molecule has 1 aliphatic carbocycles. The largest absolute Gasteiger partial charge is 0.0876 e. The Hall–Kier alpha value is -1.30. The Labute approximate surface area is 108 Å². The van der Waals surface area contributed by atoms with Gasteiger partial charge in [0, 0.05) is 0 Å². The molecule has 0 aliphatic heterocycles. The van der Waals surface area contributed by atoms with Crippen molar-refractivity contribution in [2.24, 2.45) is 0 Å². The summed E-state index contributed by atoms with van der Waals surface area (Å²) in [6.45, 7) is 12.1. The Morgan fingerprint density at radius 1 is 0.882 bits per heavy atom. The molecule has 0 N–H and O–H groups in total. The van der Waals surface area contributed by atoms with Crippen molar-refractivity contribution < 1.29 is 0 Å². The third kappa shape index (κ3) is 8.50. The maximum absolute atomic E-state index is 2.18. The molecule has 0 atom stereocenters. The van der Waals surface area contributed by atoms with Crippen LogP contribution in [0.25, 0.3) is 0 Å². The summed E-state index contributed by atoms with van der Waals surface area (Å²) in [7, 11) is 0. The van der Waals surface area contributed by atoms with Crippen molar-refractivity contribution in [2.45, 2.75) is 48.0 Å². The molecular formula is C17H28. The van der Waals surface area contributed by atoms with Crippen LogP contribution in [0.5, 0.6) is 0 Å². The SMILES string of the molecule is CC.CC.C\C=C/C=C1/C=CCC=C/C1=C/C. The van der Waals surface area contributed by atoms with Crippen molar-refractivity contribution in [3.63, 3.8) is 0 Å². The Morgan fingerprint density at radius 2 is 1.41 bits per heavy atom. The van der Waals surface area contributed by atoms with E-state index >= 15 is 0 Å². The van der Waals surface area contributed by atoms with Crippen molar-refractivity contribution in [3.05, 3.63) is 59.8 Å². The average Bonchev–Trinajstić information content (AvgIpc) is 2.65. The van der Waals surface area contributed by atoms with Crippen molar-refractivity contribution in [3.8, 4) is 0 Å². The second-order valence-electron chi connectivity index (χ2n) is 2.93. The van der Waals surface area contributed by atoms with Crippen LogP contribution in [0.3, 0.4) is 0 Å². The van der Waals surface area contributed by atoms with Gasteiger partial charge in [-0.05, 0) is 31.4 Å². The van der Waals surface area contributed by atoms with Crippen molar-refractivity contribution in [2.75, 3.05) is 0 Å². The van der Waals surface area contributed by atoms with Gasteiger partial charge in [-0.3, -0.25) is 0 Å². The summed E-state index contributed by atoms with van der Waals surface area (Å²) in [4.78, 5) is 0. The van der Waals surface area contributed by atoms with Crippen LogP contribution >= 0.6 is 0 Å². The molecule has 0 fully saturated rings. The van der Waals surface area contributed by atoms with Gasteiger partial charge in [-0.2, -0.15) is 0 Å². The zero-order valence-corrected chi connectivity index (χ0v) is 12.3. The van der Waals surface area contributed by atoms with E-state index in [0.717, 1.165) is 6.42 Å². The molecule has 0 radical (unpaired) electrons. The summed E-state index contributed by atoms with van der Waals surface area (Å²) in [6, 6.07) is 0. The highest BCUT2D eigenvalue weighted by molar-refractivity contribution is 5.49. The molecular weight excluding hydrogens is 204 g/mol. The zero-order valence-electron chi connectivity index (χ0n) is 12.3. The highest BCUT2D eigenvalue weighted by atomic mass is 14.0. The van der Waals surface area contributed by atoms with Gasteiger partial charge in [0.2, 0.25) is 0 Å². The summed E-state index contributed by atoms with van der Waals surface area (Å²) in [5.41, 5.74) is 2.58. The first kappa shape index (κ1) is 18.1. The fourth-order valence-electron chi connectivity index (χ4n) is 1.28. The Balaban J connectivity index is 0. The van der Waals surface area contributed by atoms with Gasteiger partial charge in [-0.25, -0.2) is 0 Å². The van der Waals surface area contributed by atoms with E-state index in [2.05, 4.69) is 49.5 Å². The van der Waals surface area contributed by atoms with Gasteiger partial charge in [0.25, 0.3) is 0 Å². The first-order valence-electron chi connectivity index (χ1n) is 6.71. The molecule has 0 heteroatoms. The maximum Gasteiger partial charge on any atom is -0.0162 e. The lowest BCUT2D eigenvalue weighted by molar-refractivity contribution is 1.41. The molecule has 1 rings (SSSR count). The summed E-state index contributed by atoms with van der Waals surface area (Å²) in [5.74, 6) is 0. The fraction of sp³-hybridized carbons (Fsp3) is 0.412. The molecule has 0 aromatic carbocycles. The minimum absolute atomic E-state index is 1.03. The van der Waals surface area contributed by atoms with Gasteiger partial charge in [-0.15, -0.1) is 0 Å². The number of hydrogen-bond acceptors (Lipinski definition) is 0. The molecule has 0 heterocycles. The molecule has 0 aromatic rings. The second kappa shape index (κ2) is 14.7. The van der Waals surface area contributed by atoms with Crippen LogP contribution in [0.1, 0.15) is 48.0 Å². The summed E-state index contributed by atoms with van der Waals surface area (Å²) >= 11 is 0. The summed E-state index contributed by atoms with van der Waals surface area (Å²) in [5, 5.41) is 0. The van der Waals surface area contributed by atoms with Crippen LogP contribution in [-0.2, 0) is 0 Å². The quantitative estimate of drug-likeness (QED) is 0.520. The molecule has 0 bridgehead atoms. The topological polar surface area (TPSA) is 0 Å². The highest BCUT2D eigenvalue weighted by Crippen LogP contribution is 2.17. The van der Waals surface area contributed by atoms with Gasteiger partial charge < -0.3 is 0 Å². The lowest BCUT2D eigenvalue weighted by atomic mass is 10.1. The van der Waals surface area contributed by atoms with Crippen molar-refractivity contribution in [1.29, 1.82) is 0 Å². The molecule has 0 nitrogen and oxygen atoms in total. The van der Waals surface area contributed by atoms with E-state index in [-0.39, 0.29) is 0 Å². The first-order valence-corrected chi connectivity index (χ1v) is 6.71. The predicted molar refractivity (Wildman–Crippen MR) is 82.2 cm³/mol. The van der Waals surface area contributed by atoms with Crippen molar-refractivity contribution >= 4 is 0 Å². The first-order chi connectivity index (χ1) is 8.38. The smallest absolute Gasteiger partial charge is 0.0162 e. The van der Waals surface area contributed by atoms with E-state index in [1.807, 2.05) is 40.7 Å². The number of hydrogen-bond donors (Lipinski definition) is 0. The van der Waals surface area contributed by atoms with Gasteiger partial charge in [0.05, 0.1) is 0 Å². The van der Waals surface area contributed by atoms with Gasteiger partial charge in [0.15, 0.2) is 0 Å². The average molecular weight is 232 g/mol. The maximum atomic E-state index is 2.18. The van der Waals surface area contributed by atoms with Gasteiger partial charge in [0.1, 0.15) is 0 Å². The third-order valence-electron chi connectivity index (χ3n) is 1.98. The zero-order chi connectivity index (χ0) is 13.5. The molecule has 17 heavy (non-hydrogen) atoms. The molecule has 0 saturated carbocycles. The molecule has 0 saturated heterocycles. The van der Waals surface area contributed by atoms with E-state index in [1.54, 1.807) is 0 Å². The van der Waals surface area contributed by atoms with E-state index in [9.17, 15) is 0 Å². The van der Waals surface area contributed by atoms with Crippen LogP contribution in [0.4, 0.5) is 0 Å². The number of rotatable bonds is 1. The molecule has 1 aliphatic rings. The van der Waals surface area contributed by atoms with Gasteiger partial charge >= 0.3 is 0 Å². The Morgan fingerprint density at radius 3 is 1.88 bits per heavy atom. The van der Waals surface area contributed by atoms with Crippen LogP contribution in [0, 0.1) is 0 Å². The van der Waals surface area contributed by atoms with E-state index in [4.69, 9.17) is 0 Å². The molecule has 0 aromatic heterocycles.